The predicted molar refractivity (Wildman–Crippen MR) is 60.7 cm³/mol. The van der Waals surface area contributed by atoms with Crippen molar-refractivity contribution in [3.05, 3.63) is 42.4 Å². The van der Waals surface area contributed by atoms with Gasteiger partial charge in [-0.3, -0.25) is 9.89 Å². The number of aromatic amines is 1. The molecule has 3 aromatic heterocycles. The Morgan fingerprint density at radius 3 is 3.00 bits per heavy atom. The van der Waals surface area contributed by atoms with Gasteiger partial charge in [0.15, 0.2) is 11.5 Å². The monoisotopic (exact) mass is 244 g/mol. The van der Waals surface area contributed by atoms with Crippen LogP contribution in [0.25, 0.3) is 11.5 Å². The summed E-state index contributed by atoms with van der Waals surface area (Å²) >= 11 is 0. The number of anilines is 1. The number of rotatable bonds is 3. The lowest BCUT2D eigenvalue weighted by molar-refractivity contribution is 0.101. The quantitative estimate of drug-likeness (QED) is 0.733. The van der Waals surface area contributed by atoms with Crippen LogP contribution in [-0.2, 0) is 0 Å². The lowest BCUT2D eigenvalue weighted by Crippen LogP contribution is -2.12. The van der Waals surface area contributed by atoms with Crippen LogP contribution in [0, 0.1) is 0 Å². The molecule has 0 aliphatic rings. The number of carbonyl (C=O) groups is 1. The van der Waals surface area contributed by atoms with Gasteiger partial charge in [0.2, 0.25) is 5.76 Å². The normalized spacial score (nSPS) is 10.4. The second kappa shape index (κ2) is 4.21. The Labute approximate surface area is 101 Å². The Balaban J connectivity index is 1.79. The number of nitrogens with zero attached hydrogens (tertiary/aromatic N) is 2. The highest BCUT2D eigenvalue weighted by Gasteiger charge is 2.15. The van der Waals surface area contributed by atoms with Crippen molar-refractivity contribution in [2.24, 2.45) is 0 Å². The summed E-state index contributed by atoms with van der Waals surface area (Å²) < 4.78 is 10.2. The van der Waals surface area contributed by atoms with Crippen molar-refractivity contribution in [2.45, 2.75) is 0 Å². The first-order valence-corrected chi connectivity index (χ1v) is 5.14. The van der Waals surface area contributed by atoms with Crippen molar-refractivity contribution in [3.8, 4) is 11.5 Å². The maximum atomic E-state index is 11.8. The SMILES string of the molecule is O=C(Nc1ccn[nH]1)c1cc(-c2ccco2)on1. The van der Waals surface area contributed by atoms with Gasteiger partial charge in [0.1, 0.15) is 5.82 Å². The summed E-state index contributed by atoms with van der Waals surface area (Å²) in [5.41, 5.74) is 0.163. The summed E-state index contributed by atoms with van der Waals surface area (Å²) in [6, 6.07) is 6.58. The van der Waals surface area contributed by atoms with Crippen LogP contribution in [0.4, 0.5) is 5.82 Å². The molecule has 3 heterocycles. The number of hydrogen-bond donors (Lipinski definition) is 2. The van der Waals surface area contributed by atoms with E-state index in [0.717, 1.165) is 0 Å². The van der Waals surface area contributed by atoms with E-state index in [1.807, 2.05) is 0 Å². The van der Waals surface area contributed by atoms with E-state index < -0.39 is 0 Å². The van der Waals surface area contributed by atoms with Gasteiger partial charge in [-0.15, -0.1) is 0 Å². The van der Waals surface area contributed by atoms with E-state index in [2.05, 4.69) is 20.7 Å². The zero-order chi connectivity index (χ0) is 12.4. The number of carbonyl (C=O) groups excluding carboxylic acids is 1. The molecule has 2 N–H and O–H groups in total. The van der Waals surface area contributed by atoms with Crippen LogP contribution in [0.1, 0.15) is 10.5 Å². The van der Waals surface area contributed by atoms with Gasteiger partial charge in [-0.05, 0) is 12.1 Å². The number of amides is 1. The molecule has 0 aliphatic carbocycles. The van der Waals surface area contributed by atoms with Crippen LogP contribution in [0.5, 0.6) is 0 Å². The molecule has 90 valence electrons. The van der Waals surface area contributed by atoms with Crippen LogP contribution < -0.4 is 5.32 Å². The molecule has 0 aliphatic heterocycles. The first kappa shape index (κ1) is 10.3. The molecule has 0 bridgehead atoms. The van der Waals surface area contributed by atoms with E-state index in [4.69, 9.17) is 8.94 Å². The van der Waals surface area contributed by atoms with Gasteiger partial charge >= 0.3 is 0 Å². The second-order valence-electron chi connectivity index (χ2n) is 3.48. The third kappa shape index (κ3) is 1.88. The van der Waals surface area contributed by atoms with Crippen molar-refractivity contribution >= 4 is 11.7 Å². The number of nitrogens with one attached hydrogen (secondary N) is 2. The second-order valence-corrected chi connectivity index (χ2v) is 3.48. The minimum atomic E-state index is -0.388. The molecule has 18 heavy (non-hydrogen) atoms. The van der Waals surface area contributed by atoms with Crippen LogP contribution in [-0.4, -0.2) is 21.3 Å². The first-order chi connectivity index (χ1) is 8.83. The largest absolute Gasteiger partial charge is 0.461 e. The standard InChI is InChI=1S/C11H8N4O3/c16-11(13-10-3-4-12-14-10)7-6-9(18-15-7)8-2-1-5-17-8/h1-6H,(H2,12,13,14,16). The van der Waals surface area contributed by atoms with E-state index in [0.29, 0.717) is 17.3 Å². The number of furan rings is 1. The Bertz CT molecular complexity index is 640. The molecule has 0 spiro atoms. The molecule has 1 amide bonds. The highest BCUT2D eigenvalue weighted by atomic mass is 16.5. The average Bonchev–Trinajstić information content (AvgIpc) is 3.11. The molecule has 3 aromatic rings. The number of H-pyrrole nitrogens is 1. The van der Waals surface area contributed by atoms with Crippen molar-refractivity contribution in [1.82, 2.24) is 15.4 Å². The molecule has 0 atom stereocenters. The molecule has 0 radical (unpaired) electrons. The Kier molecular flexibility index (Phi) is 2.41. The molecule has 0 saturated carbocycles. The highest BCUT2D eigenvalue weighted by Crippen LogP contribution is 2.20. The molecule has 0 aromatic carbocycles. The lowest BCUT2D eigenvalue weighted by atomic mass is 10.3. The zero-order valence-electron chi connectivity index (χ0n) is 9.08. The molecule has 7 nitrogen and oxygen atoms in total. The third-order valence-electron chi connectivity index (χ3n) is 2.26. The van der Waals surface area contributed by atoms with Crippen molar-refractivity contribution in [3.63, 3.8) is 0 Å². The maximum Gasteiger partial charge on any atom is 0.279 e. The van der Waals surface area contributed by atoms with Gasteiger partial charge in [-0.1, -0.05) is 5.16 Å². The summed E-state index contributed by atoms with van der Waals surface area (Å²) in [4.78, 5) is 11.8. The molecule has 0 fully saturated rings. The minimum Gasteiger partial charge on any atom is -0.461 e. The summed E-state index contributed by atoms with van der Waals surface area (Å²) in [6.45, 7) is 0. The number of hydrogen-bond acceptors (Lipinski definition) is 5. The summed E-state index contributed by atoms with van der Waals surface area (Å²) in [6.07, 6.45) is 3.05. The van der Waals surface area contributed by atoms with Crippen molar-refractivity contribution in [1.29, 1.82) is 0 Å². The van der Waals surface area contributed by atoms with E-state index >= 15 is 0 Å². The fourth-order valence-corrected chi connectivity index (χ4v) is 1.43. The minimum absolute atomic E-state index is 0.163. The lowest BCUT2D eigenvalue weighted by Gasteiger charge is -1.96. The maximum absolute atomic E-state index is 11.8. The summed E-state index contributed by atoms with van der Waals surface area (Å²) in [5.74, 6) is 1.02. The van der Waals surface area contributed by atoms with Crippen molar-refractivity contribution in [2.75, 3.05) is 5.32 Å². The fourth-order valence-electron chi connectivity index (χ4n) is 1.43. The molecule has 7 heteroatoms. The van der Waals surface area contributed by atoms with E-state index in [1.165, 1.54) is 18.5 Å². The average molecular weight is 244 g/mol. The van der Waals surface area contributed by atoms with Gasteiger partial charge in [-0.2, -0.15) is 5.10 Å². The van der Waals surface area contributed by atoms with Gasteiger partial charge < -0.3 is 14.3 Å². The Morgan fingerprint density at radius 1 is 1.33 bits per heavy atom. The van der Waals surface area contributed by atoms with Crippen LogP contribution >= 0.6 is 0 Å². The zero-order valence-corrected chi connectivity index (χ0v) is 9.08. The van der Waals surface area contributed by atoms with Gasteiger partial charge in [0.05, 0.1) is 12.5 Å². The topological polar surface area (TPSA) is 97.0 Å². The first-order valence-electron chi connectivity index (χ1n) is 5.14. The molecule has 0 saturated heterocycles. The molecule has 0 unspecified atom stereocenters. The molecule has 3 rings (SSSR count). The number of aromatic nitrogens is 3. The summed E-state index contributed by atoms with van der Waals surface area (Å²) in [7, 11) is 0. The Hall–Kier alpha value is -2.83. The third-order valence-corrected chi connectivity index (χ3v) is 2.26. The van der Waals surface area contributed by atoms with Crippen LogP contribution in [0.3, 0.4) is 0 Å². The van der Waals surface area contributed by atoms with Gasteiger partial charge in [0, 0.05) is 12.1 Å². The van der Waals surface area contributed by atoms with Gasteiger partial charge in [0.25, 0.3) is 5.91 Å². The van der Waals surface area contributed by atoms with Crippen LogP contribution in [0.2, 0.25) is 0 Å². The predicted octanol–water partition coefficient (Wildman–Crippen LogP) is 1.91. The van der Waals surface area contributed by atoms with E-state index in [-0.39, 0.29) is 11.6 Å². The van der Waals surface area contributed by atoms with E-state index in [1.54, 1.807) is 18.2 Å². The highest BCUT2D eigenvalue weighted by molar-refractivity contribution is 6.02. The van der Waals surface area contributed by atoms with Crippen molar-refractivity contribution < 1.29 is 13.7 Å². The summed E-state index contributed by atoms with van der Waals surface area (Å²) in [5, 5.41) is 12.6. The molecular formula is C11H8N4O3. The van der Waals surface area contributed by atoms with Gasteiger partial charge in [-0.25, -0.2) is 0 Å². The molecular weight excluding hydrogens is 236 g/mol. The fraction of sp³-hybridized carbons (Fsp3) is 0. The van der Waals surface area contributed by atoms with E-state index in [9.17, 15) is 4.79 Å². The smallest absolute Gasteiger partial charge is 0.279 e. The van der Waals surface area contributed by atoms with Crippen LogP contribution in [0.15, 0.2) is 45.7 Å². The Morgan fingerprint density at radius 2 is 2.28 bits per heavy atom.